The molecule has 27 heavy (non-hydrogen) atoms. The van der Waals surface area contributed by atoms with Crippen LogP contribution in [0, 0.1) is 0 Å². The average molecular weight is 365 g/mol. The SMILES string of the molecule is CC[C@@]1(C)NC(=O)N(C[C@H](O)Cn2c3ccccc3c3ccccc32)C1=O. The van der Waals surface area contributed by atoms with Crippen molar-refractivity contribution in [2.75, 3.05) is 6.54 Å². The molecule has 140 valence electrons. The minimum Gasteiger partial charge on any atom is -0.389 e. The zero-order valence-corrected chi connectivity index (χ0v) is 15.5. The standard InChI is InChI=1S/C21H23N3O3/c1-3-21(2)19(26)24(20(27)22-21)13-14(25)12-23-17-10-6-4-8-15(17)16-9-5-7-11-18(16)23/h4-11,14,25H,3,12-13H2,1-2H3,(H,22,27)/t14-,21-/m1/s1. The Bertz CT molecular complexity index is 988. The summed E-state index contributed by atoms with van der Waals surface area (Å²) in [6, 6.07) is 15.6. The number of amides is 3. The molecule has 0 saturated carbocycles. The highest BCUT2D eigenvalue weighted by Crippen LogP contribution is 2.29. The molecule has 1 fully saturated rings. The first-order chi connectivity index (χ1) is 12.9. The molecule has 0 bridgehead atoms. The smallest absolute Gasteiger partial charge is 0.325 e. The maximum absolute atomic E-state index is 12.6. The molecule has 0 unspecified atom stereocenters. The Kier molecular flexibility index (Phi) is 4.15. The third kappa shape index (κ3) is 2.77. The summed E-state index contributed by atoms with van der Waals surface area (Å²) >= 11 is 0. The number of nitrogens with zero attached hydrogens (tertiary/aromatic N) is 2. The van der Waals surface area contributed by atoms with Gasteiger partial charge in [-0.3, -0.25) is 9.69 Å². The van der Waals surface area contributed by atoms with Gasteiger partial charge < -0.3 is 15.0 Å². The Morgan fingerprint density at radius 3 is 2.07 bits per heavy atom. The largest absolute Gasteiger partial charge is 0.389 e. The number of hydrogen-bond acceptors (Lipinski definition) is 3. The summed E-state index contributed by atoms with van der Waals surface area (Å²) < 4.78 is 2.05. The molecule has 3 amide bonds. The lowest BCUT2D eigenvalue weighted by molar-refractivity contribution is -0.131. The van der Waals surface area contributed by atoms with Crippen LogP contribution in [0.25, 0.3) is 21.8 Å². The average Bonchev–Trinajstić information content (AvgIpc) is 3.10. The number of carbonyl (C=O) groups excluding carboxylic acids is 2. The molecule has 2 N–H and O–H groups in total. The van der Waals surface area contributed by atoms with Crippen molar-refractivity contribution < 1.29 is 14.7 Å². The van der Waals surface area contributed by atoms with Gasteiger partial charge in [-0.1, -0.05) is 43.3 Å². The van der Waals surface area contributed by atoms with Crippen molar-refractivity contribution in [3.63, 3.8) is 0 Å². The van der Waals surface area contributed by atoms with Crippen LogP contribution in [-0.2, 0) is 11.3 Å². The van der Waals surface area contributed by atoms with Crippen molar-refractivity contribution >= 4 is 33.7 Å². The summed E-state index contributed by atoms with van der Waals surface area (Å²) in [6.45, 7) is 3.85. The Morgan fingerprint density at radius 1 is 1.00 bits per heavy atom. The number of aliphatic hydroxyl groups excluding tert-OH is 1. The van der Waals surface area contributed by atoms with Gasteiger partial charge in [-0.15, -0.1) is 0 Å². The van der Waals surface area contributed by atoms with E-state index >= 15 is 0 Å². The lowest BCUT2D eigenvalue weighted by Crippen LogP contribution is -2.44. The van der Waals surface area contributed by atoms with Gasteiger partial charge in [-0.05, 0) is 25.5 Å². The quantitative estimate of drug-likeness (QED) is 0.683. The van der Waals surface area contributed by atoms with E-state index in [1.54, 1.807) is 6.92 Å². The van der Waals surface area contributed by atoms with Gasteiger partial charge in [0.15, 0.2) is 0 Å². The highest BCUT2D eigenvalue weighted by Gasteiger charge is 2.46. The molecule has 3 aromatic rings. The van der Waals surface area contributed by atoms with Crippen LogP contribution in [0.5, 0.6) is 0 Å². The van der Waals surface area contributed by atoms with E-state index in [1.165, 1.54) is 0 Å². The van der Waals surface area contributed by atoms with E-state index < -0.39 is 17.7 Å². The van der Waals surface area contributed by atoms with E-state index in [-0.39, 0.29) is 12.5 Å². The van der Waals surface area contributed by atoms with E-state index in [1.807, 2.05) is 47.9 Å². The fraction of sp³-hybridized carbons (Fsp3) is 0.333. The zero-order chi connectivity index (χ0) is 19.2. The Hall–Kier alpha value is -2.86. The monoisotopic (exact) mass is 365 g/mol. The molecular weight excluding hydrogens is 342 g/mol. The number of nitrogens with one attached hydrogen (secondary N) is 1. The van der Waals surface area contributed by atoms with Crippen LogP contribution >= 0.6 is 0 Å². The number of benzene rings is 2. The van der Waals surface area contributed by atoms with Crippen LogP contribution in [0.2, 0.25) is 0 Å². The normalized spacial score (nSPS) is 21.2. The van der Waals surface area contributed by atoms with Gasteiger partial charge in [-0.2, -0.15) is 0 Å². The molecule has 2 aromatic carbocycles. The summed E-state index contributed by atoms with van der Waals surface area (Å²) in [5.74, 6) is -0.281. The number of imide groups is 1. The van der Waals surface area contributed by atoms with Gasteiger partial charge >= 0.3 is 6.03 Å². The fourth-order valence-corrected chi connectivity index (χ4v) is 3.83. The molecular formula is C21H23N3O3. The molecule has 2 heterocycles. The minimum absolute atomic E-state index is 0.0267. The molecule has 1 aliphatic heterocycles. The van der Waals surface area contributed by atoms with Gasteiger partial charge in [0.25, 0.3) is 5.91 Å². The molecule has 0 aliphatic carbocycles. The number of aliphatic hydroxyl groups is 1. The van der Waals surface area contributed by atoms with Crippen molar-refractivity contribution in [1.29, 1.82) is 0 Å². The molecule has 2 atom stereocenters. The topological polar surface area (TPSA) is 74.6 Å². The molecule has 0 radical (unpaired) electrons. The molecule has 6 heteroatoms. The first-order valence-electron chi connectivity index (χ1n) is 9.23. The number of β-amino-alcohol motifs (C(OH)–C–C–N with tert-alkyl or cyclic N) is 1. The summed E-state index contributed by atoms with van der Waals surface area (Å²) in [5.41, 5.74) is 1.16. The number of carbonyl (C=O) groups is 2. The van der Waals surface area contributed by atoms with E-state index in [4.69, 9.17) is 0 Å². The fourth-order valence-electron chi connectivity index (χ4n) is 3.83. The second-order valence-electron chi connectivity index (χ2n) is 7.33. The third-order valence-electron chi connectivity index (χ3n) is 5.52. The van der Waals surface area contributed by atoms with Crippen LogP contribution in [0.15, 0.2) is 48.5 Å². The van der Waals surface area contributed by atoms with E-state index in [2.05, 4.69) is 17.4 Å². The minimum atomic E-state index is -0.885. The maximum atomic E-state index is 12.6. The summed E-state index contributed by atoms with van der Waals surface area (Å²) in [7, 11) is 0. The van der Waals surface area contributed by atoms with Crippen molar-refractivity contribution in [3.05, 3.63) is 48.5 Å². The van der Waals surface area contributed by atoms with Gasteiger partial charge in [-0.25, -0.2) is 4.79 Å². The second-order valence-corrected chi connectivity index (χ2v) is 7.33. The van der Waals surface area contributed by atoms with Gasteiger partial charge in [0.2, 0.25) is 0 Å². The Balaban J connectivity index is 1.63. The number of fused-ring (bicyclic) bond motifs is 3. The summed E-state index contributed by atoms with van der Waals surface area (Å²) in [6.07, 6.45) is -0.352. The highest BCUT2D eigenvalue weighted by molar-refractivity contribution is 6.08. The first kappa shape index (κ1) is 17.5. The number of hydrogen-bond donors (Lipinski definition) is 2. The predicted molar refractivity (Wildman–Crippen MR) is 104 cm³/mol. The molecule has 1 aromatic heterocycles. The lowest BCUT2D eigenvalue weighted by atomic mass is 9.99. The molecule has 1 aliphatic rings. The number of rotatable bonds is 5. The van der Waals surface area contributed by atoms with Crippen molar-refractivity contribution in [2.24, 2.45) is 0 Å². The first-order valence-corrected chi connectivity index (χ1v) is 9.23. The summed E-state index contributed by atoms with van der Waals surface area (Å²) in [4.78, 5) is 25.9. The van der Waals surface area contributed by atoms with Gasteiger partial charge in [0.05, 0.1) is 19.2 Å². The Labute approximate surface area is 157 Å². The highest BCUT2D eigenvalue weighted by atomic mass is 16.3. The maximum Gasteiger partial charge on any atom is 0.325 e. The van der Waals surface area contributed by atoms with Crippen LogP contribution in [0.1, 0.15) is 20.3 Å². The van der Waals surface area contributed by atoms with E-state index in [0.717, 1.165) is 26.7 Å². The van der Waals surface area contributed by atoms with Crippen LogP contribution in [0.4, 0.5) is 4.79 Å². The van der Waals surface area contributed by atoms with Crippen LogP contribution in [0.3, 0.4) is 0 Å². The van der Waals surface area contributed by atoms with E-state index in [9.17, 15) is 14.7 Å². The van der Waals surface area contributed by atoms with Crippen molar-refractivity contribution in [1.82, 2.24) is 14.8 Å². The third-order valence-corrected chi connectivity index (χ3v) is 5.52. The molecule has 6 nitrogen and oxygen atoms in total. The second kappa shape index (κ2) is 6.39. The number of para-hydroxylation sites is 2. The molecule has 4 rings (SSSR count). The predicted octanol–water partition coefficient (Wildman–Crippen LogP) is 2.88. The van der Waals surface area contributed by atoms with Crippen molar-refractivity contribution in [2.45, 2.75) is 38.5 Å². The lowest BCUT2D eigenvalue weighted by Gasteiger charge is -2.21. The summed E-state index contributed by atoms with van der Waals surface area (Å²) in [5, 5.41) is 15.6. The van der Waals surface area contributed by atoms with Crippen LogP contribution < -0.4 is 5.32 Å². The number of aromatic nitrogens is 1. The number of urea groups is 1. The van der Waals surface area contributed by atoms with Gasteiger partial charge in [0.1, 0.15) is 5.54 Å². The van der Waals surface area contributed by atoms with Crippen molar-refractivity contribution in [3.8, 4) is 0 Å². The molecule has 1 saturated heterocycles. The van der Waals surface area contributed by atoms with E-state index in [0.29, 0.717) is 13.0 Å². The van der Waals surface area contributed by atoms with Crippen LogP contribution in [-0.4, -0.2) is 44.7 Å². The van der Waals surface area contributed by atoms with Gasteiger partial charge in [0, 0.05) is 21.8 Å². The Morgan fingerprint density at radius 2 is 1.56 bits per heavy atom. The zero-order valence-electron chi connectivity index (χ0n) is 15.5. The molecule has 0 spiro atoms.